The van der Waals surface area contributed by atoms with Crippen LogP contribution in [0.25, 0.3) is 10.6 Å². The summed E-state index contributed by atoms with van der Waals surface area (Å²) in [5, 5.41) is 2.72. The summed E-state index contributed by atoms with van der Waals surface area (Å²) < 4.78 is 16.2. The minimum atomic E-state index is -0.311. The molecule has 1 aromatic heterocycles. The Balaban J connectivity index is 1.46. The van der Waals surface area contributed by atoms with E-state index in [1.165, 1.54) is 11.3 Å². The maximum absolute atomic E-state index is 11.9. The highest BCUT2D eigenvalue weighted by molar-refractivity contribution is 7.13. The van der Waals surface area contributed by atoms with E-state index in [0.29, 0.717) is 5.69 Å². The lowest BCUT2D eigenvalue weighted by Crippen LogP contribution is -2.10. The molecule has 3 aromatic rings. The van der Waals surface area contributed by atoms with Gasteiger partial charge < -0.3 is 14.2 Å². The maximum Gasteiger partial charge on any atom is 0.309 e. The van der Waals surface area contributed by atoms with Crippen molar-refractivity contribution in [3.8, 4) is 22.1 Å². The molecule has 0 aliphatic carbocycles. The number of para-hydroxylation sites is 1. The molecule has 2 aromatic carbocycles. The first-order valence-electron chi connectivity index (χ1n) is 8.58. The van der Waals surface area contributed by atoms with E-state index in [4.69, 9.17) is 14.2 Å². The van der Waals surface area contributed by atoms with Crippen molar-refractivity contribution in [1.29, 1.82) is 0 Å². The molecule has 140 valence electrons. The maximum atomic E-state index is 11.9. The number of hydrogen-bond donors (Lipinski definition) is 0. The molecule has 3 rings (SSSR count). The number of nitrogens with zero attached hydrogens (tertiary/aromatic N) is 1. The predicted octanol–water partition coefficient (Wildman–Crippen LogP) is 4.64. The number of aromatic nitrogens is 1. The normalized spacial score (nSPS) is 10.4. The first-order valence-corrected chi connectivity index (χ1v) is 9.46. The Morgan fingerprint density at radius 1 is 1.11 bits per heavy atom. The molecular weight excluding hydrogens is 362 g/mol. The van der Waals surface area contributed by atoms with Crippen molar-refractivity contribution < 1.29 is 19.0 Å². The zero-order valence-corrected chi connectivity index (χ0v) is 16.1. The second-order valence-corrected chi connectivity index (χ2v) is 6.77. The first-order chi connectivity index (χ1) is 13.2. The van der Waals surface area contributed by atoms with E-state index in [0.717, 1.165) is 27.6 Å². The largest absolute Gasteiger partial charge is 0.496 e. The Kier molecular flexibility index (Phi) is 6.44. The standard InChI is InChI=1S/C21H21NO4S/c1-15-7-9-17(10-8-15)25-12-11-20(23)26-13-16-14-27-21(22-16)18-5-3-4-6-19(18)24-2/h3-10,14H,11-13H2,1-2H3. The third kappa shape index (κ3) is 5.31. The monoisotopic (exact) mass is 383 g/mol. The van der Waals surface area contributed by atoms with Gasteiger partial charge in [0.05, 0.1) is 31.4 Å². The van der Waals surface area contributed by atoms with Gasteiger partial charge in [0, 0.05) is 5.38 Å². The molecule has 0 aliphatic rings. The van der Waals surface area contributed by atoms with E-state index in [1.54, 1.807) is 7.11 Å². The van der Waals surface area contributed by atoms with E-state index in [9.17, 15) is 4.79 Å². The summed E-state index contributed by atoms with van der Waals surface area (Å²) in [6.07, 6.45) is 0.192. The molecule has 0 amide bonds. The smallest absolute Gasteiger partial charge is 0.309 e. The second-order valence-electron chi connectivity index (χ2n) is 5.92. The summed E-state index contributed by atoms with van der Waals surface area (Å²) in [4.78, 5) is 16.4. The van der Waals surface area contributed by atoms with Gasteiger partial charge in [-0.05, 0) is 31.2 Å². The highest BCUT2D eigenvalue weighted by Crippen LogP contribution is 2.31. The number of methoxy groups -OCH3 is 1. The lowest BCUT2D eigenvalue weighted by molar-refractivity contribution is -0.145. The second kappa shape index (κ2) is 9.19. The molecule has 5 nitrogen and oxygen atoms in total. The van der Waals surface area contributed by atoms with Crippen molar-refractivity contribution in [2.45, 2.75) is 20.0 Å². The van der Waals surface area contributed by atoms with Crippen LogP contribution in [0, 0.1) is 6.92 Å². The highest BCUT2D eigenvalue weighted by atomic mass is 32.1. The number of esters is 1. The molecule has 27 heavy (non-hydrogen) atoms. The summed E-state index contributed by atoms with van der Waals surface area (Å²) in [5.41, 5.74) is 2.81. The van der Waals surface area contributed by atoms with Gasteiger partial charge in [-0.25, -0.2) is 4.98 Å². The van der Waals surface area contributed by atoms with Gasteiger partial charge in [0.2, 0.25) is 0 Å². The summed E-state index contributed by atoms with van der Waals surface area (Å²) in [6, 6.07) is 15.4. The van der Waals surface area contributed by atoms with Crippen LogP contribution in [0.2, 0.25) is 0 Å². The van der Waals surface area contributed by atoms with Crippen molar-refractivity contribution in [2.24, 2.45) is 0 Å². The van der Waals surface area contributed by atoms with Crippen LogP contribution in [0.5, 0.6) is 11.5 Å². The van der Waals surface area contributed by atoms with Crippen LogP contribution in [-0.4, -0.2) is 24.7 Å². The van der Waals surface area contributed by atoms with Gasteiger partial charge in [0.25, 0.3) is 0 Å². The van der Waals surface area contributed by atoms with Crippen molar-refractivity contribution in [2.75, 3.05) is 13.7 Å². The Morgan fingerprint density at radius 2 is 1.89 bits per heavy atom. The lowest BCUT2D eigenvalue weighted by atomic mass is 10.2. The molecule has 0 atom stereocenters. The van der Waals surface area contributed by atoms with Crippen molar-refractivity contribution in [1.82, 2.24) is 4.98 Å². The predicted molar refractivity (Wildman–Crippen MR) is 105 cm³/mol. The Morgan fingerprint density at radius 3 is 2.67 bits per heavy atom. The molecule has 0 unspecified atom stereocenters. The molecule has 1 heterocycles. The molecule has 0 spiro atoms. The third-order valence-corrected chi connectivity index (χ3v) is 4.79. The lowest BCUT2D eigenvalue weighted by Gasteiger charge is -2.06. The summed E-state index contributed by atoms with van der Waals surface area (Å²) in [7, 11) is 1.63. The van der Waals surface area contributed by atoms with Gasteiger partial charge >= 0.3 is 5.97 Å². The number of hydrogen-bond acceptors (Lipinski definition) is 6. The fourth-order valence-corrected chi connectivity index (χ4v) is 3.27. The van der Waals surface area contributed by atoms with Crippen LogP contribution >= 0.6 is 11.3 Å². The molecular formula is C21H21NO4S. The van der Waals surface area contributed by atoms with Crippen molar-refractivity contribution in [3.63, 3.8) is 0 Å². The molecule has 0 bridgehead atoms. The third-order valence-electron chi connectivity index (χ3n) is 3.87. The van der Waals surface area contributed by atoms with E-state index >= 15 is 0 Å². The molecule has 0 fully saturated rings. The minimum absolute atomic E-state index is 0.148. The molecule has 0 aliphatic heterocycles. The molecule has 0 saturated heterocycles. The van der Waals surface area contributed by atoms with Gasteiger partial charge in [-0.2, -0.15) is 0 Å². The van der Waals surface area contributed by atoms with E-state index in [-0.39, 0.29) is 25.6 Å². The van der Waals surface area contributed by atoms with Crippen LogP contribution in [0.4, 0.5) is 0 Å². The number of ether oxygens (including phenoxy) is 3. The zero-order valence-electron chi connectivity index (χ0n) is 15.3. The number of rotatable bonds is 8. The number of carbonyl (C=O) groups excluding carboxylic acids is 1. The first kappa shape index (κ1) is 18.9. The summed E-state index contributed by atoms with van der Waals surface area (Å²) in [6.45, 7) is 2.44. The number of carbonyl (C=O) groups is 1. The number of aryl methyl sites for hydroxylation is 1. The van der Waals surface area contributed by atoms with E-state index in [2.05, 4.69) is 4.98 Å². The van der Waals surface area contributed by atoms with Gasteiger partial charge in [0.1, 0.15) is 23.1 Å². The minimum Gasteiger partial charge on any atom is -0.496 e. The van der Waals surface area contributed by atoms with Crippen LogP contribution in [-0.2, 0) is 16.1 Å². The Bertz CT molecular complexity index is 889. The Labute approximate surface area is 162 Å². The van der Waals surface area contributed by atoms with Crippen LogP contribution in [0.3, 0.4) is 0 Å². The fraction of sp³-hybridized carbons (Fsp3) is 0.238. The van der Waals surface area contributed by atoms with Crippen LogP contribution < -0.4 is 9.47 Å². The zero-order chi connectivity index (χ0) is 19.1. The highest BCUT2D eigenvalue weighted by Gasteiger charge is 2.11. The molecule has 0 saturated carbocycles. The van der Waals surface area contributed by atoms with Gasteiger partial charge in [-0.3, -0.25) is 4.79 Å². The summed E-state index contributed by atoms with van der Waals surface area (Å²) in [5.74, 6) is 1.20. The number of thiazole rings is 1. The molecule has 0 radical (unpaired) electrons. The topological polar surface area (TPSA) is 57.7 Å². The van der Waals surface area contributed by atoms with Crippen LogP contribution in [0.15, 0.2) is 53.9 Å². The van der Waals surface area contributed by atoms with Crippen molar-refractivity contribution in [3.05, 3.63) is 65.2 Å². The van der Waals surface area contributed by atoms with E-state index < -0.39 is 0 Å². The van der Waals surface area contributed by atoms with Gasteiger partial charge in [-0.15, -0.1) is 11.3 Å². The average Bonchev–Trinajstić information content (AvgIpc) is 3.17. The van der Waals surface area contributed by atoms with Crippen molar-refractivity contribution >= 4 is 17.3 Å². The Hall–Kier alpha value is -2.86. The molecule has 0 N–H and O–H groups in total. The van der Waals surface area contributed by atoms with Gasteiger partial charge in [-0.1, -0.05) is 29.8 Å². The fourth-order valence-electron chi connectivity index (χ4n) is 2.43. The summed E-state index contributed by atoms with van der Waals surface area (Å²) >= 11 is 1.49. The SMILES string of the molecule is COc1ccccc1-c1nc(COC(=O)CCOc2ccc(C)cc2)cs1. The average molecular weight is 383 g/mol. The quantitative estimate of drug-likeness (QED) is 0.531. The van der Waals surface area contributed by atoms with Gasteiger partial charge in [0.15, 0.2) is 0 Å². The van der Waals surface area contributed by atoms with E-state index in [1.807, 2.05) is 60.8 Å². The molecule has 6 heteroatoms. The van der Waals surface area contributed by atoms with Crippen LogP contribution in [0.1, 0.15) is 17.7 Å². The number of benzene rings is 2.